The molecule has 5 nitrogen and oxygen atoms in total. The Balaban J connectivity index is 1.73. The number of hydrogen-bond donors (Lipinski definition) is 0. The van der Waals surface area contributed by atoms with Gasteiger partial charge in [-0.15, -0.1) is 24.5 Å². The number of thioether (sulfide) groups is 1. The molecule has 1 aliphatic carbocycles. The third kappa shape index (κ3) is 4.13. The molecule has 0 N–H and O–H groups in total. The van der Waals surface area contributed by atoms with Crippen molar-refractivity contribution in [2.45, 2.75) is 23.9 Å². The predicted molar refractivity (Wildman–Crippen MR) is 125 cm³/mol. The van der Waals surface area contributed by atoms with E-state index in [9.17, 15) is 9.59 Å². The molecule has 30 heavy (non-hydrogen) atoms. The number of carbonyl (C=O) groups excluding carboxylic acids is 1. The van der Waals surface area contributed by atoms with Crippen LogP contribution in [-0.2, 0) is 4.79 Å². The summed E-state index contributed by atoms with van der Waals surface area (Å²) in [5.41, 5.74) is 1.82. The van der Waals surface area contributed by atoms with Crippen molar-refractivity contribution in [1.82, 2.24) is 14.5 Å². The van der Waals surface area contributed by atoms with Crippen LogP contribution in [0.3, 0.4) is 0 Å². The van der Waals surface area contributed by atoms with Crippen LogP contribution < -0.4 is 5.56 Å². The average Bonchev–Trinajstić information content (AvgIpc) is 3.51. The minimum atomic E-state index is -0.0571. The summed E-state index contributed by atoms with van der Waals surface area (Å²) in [7, 11) is 0. The molecule has 0 aliphatic heterocycles. The number of fused-ring (bicyclic) bond motifs is 1. The van der Waals surface area contributed by atoms with Gasteiger partial charge in [0.1, 0.15) is 4.83 Å². The average molecular weight is 438 g/mol. The van der Waals surface area contributed by atoms with Gasteiger partial charge in [-0.3, -0.25) is 14.2 Å². The standard InChI is InChI=1S/C23H23N3O2S2/c1-3-12-25(13-4-2)19(27)15-30-23-24-21-20(18(14-29-21)16-10-11-16)22(28)26(23)17-8-6-5-7-9-17/h3-9,14,16H,1-2,10-13,15H2. The molecular formula is C23H23N3O2S2. The lowest BCUT2D eigenvalue weighted by atomic mass is 10.1. The van der Waals surface area contributed by atoms with Gasteiger partial charge in [-0.2, -0.15) is 0 Å². The van der Waals surface area contributed by atoms with E-state index in [2.05, 4.69) is 18.5 Å². The Hall–Kier alpha value is -2.64. The van der Waals surface area contributed by atoms with Crippen LogP contribution in [0.2, 0.25) is 0 Å². The highest BCUT2D eigenvalue weighted by atomic mass is 32.2. The third-order valence-electron chi connectivity index (χ3n) is 5.01. The Morgan fingerprint density at radius 2 is 1.93 bits per heavy atom. The van der Waals surface area contributed by atoms with Crippen LogP contribution in [0.1, 0.15) is 24.3 Å². The number of aromatic nitrogens is 2. The zero-order chi connectivity index (χ0) is 21.1. The number of carbonyl (C=O) groups is 1. The third-order valence-corrected chi connectivity index (χ3v) is 6.83. The van der Waals surface area contributed by atoms with Gasteiger partial charge in [-0.05, 0) is 41.8 Å². The normalized spacial score (nSPS) is 13.3. The van der Waals surface area contributed by atoms with Gasteiger partial charge in [-0.1, -0.05) is 42.1 Å². The van der Waals surface area contributed by atoms with Crippen LogP contribution in [0.4, 0.5) is 0 Å². The molecule has 1 amide bonds. The highest BCUT2D eigenvalue weighted by Gasteiger charge is 2.29. The lowest BCUT2D eigenvalue weighted by molar-refractivity contribution is -0.127. The second-order valence-corrected chi connectivity index (χ2v) is 8.98. The van der Waals surface area contributed by atoms with E-state index < -0.39 is 0 Å². The Morgan fingerprint density at radius 1 is 1.23 bits per heavy atom. The first-order chi connectivity index (χ1) is 14.6. The number of rotatable bonds is 9. The van der Waals surface area contributed by atoms with Crippen LogP contribution >= 0.6 is 23.1 Å². The van der Waals surface area contributed by atoms with Gasteiger partial charge in [0.15, 0.2) is 5.16 Å². The topological polar surface area (TPSA) is 55.2 Å². The molecular weight excluding hydrogens is 414 g/mol. The van der Waals surface area contributed by atoms with Gasteiger partial charge in [0.25, 0.3) is 5.56 Å². The molecule has 7 heteroatoms. The minimum Gasteiger partial charge on any atom is -0.335 e. The number of nitrogens with zero attached hydrogens (tertiary/aromatic N) is 3. The summed E-state index contributed by atoms with van der Waals surface area (Å²) in [6.45, 7) is 8.34. The molecule has 2 aromatic heterocycles. The number of thiophene rings is 1. The molecule has 1 fully saturated rings. The number of para-hydroxylation sites is 1. The molecule has 0 spiro atoms. The maximum Gasteiger partial charge on any atom is 0.267 e. The maximum absolute atomic E-state index is 13.5. The van der Waals surface area contributed by atoms with E-state index in [0.29, 0.717) is 24.2 Å². The van der Waals surface area contributed by atoms with Gasteiger partial charge >= 0.3 is 0 Å². The molecule has 0 unspecified atom stereocenters. The molecule has 1 aromatic carbocycles. The van der Waals surface area contributed by atoms with Crippen LogP contribution in [0.15, 0.2) is 71.0 Å². The molecule has 0 atom stereocenters. The van der Waals surface area contributed by atoms with Crippen molar-refractivity contribution in [3.05, 3.63) is 76.9 Å². The lowest BCUT2D eigenvalue weighted by Crippen LogP contribution is -2.33. The number of hydrogen-bond acceptors (Lipinski definition) is 5. The van der Waals surface area contributed by atoms with Crippen LogP contribution in [0.5, 0.6) is 0 Å². The van der Waals surface area contributed by atoms with Crippen molar-refractivity contribution in [1.29, 1.82) is 0 Å². The summed E-state index contributed by atoms with van der Waals surface area (Å²) in [4.78, 5) is 33.5. The molecule has 4 rings (SSSR count). The summed E-state index contributed by atoms with van der Waals surface area (Å²) in [6, 6.07) is 9.50. The molecule has 3 aromatic rings. The Kier molecular flexibility index (Phi) is 6.20. The van der Waals surface area contributed by atoms with Gasteiger partial charge in [0.05, 0.1) is 16.8 Å². The molecule has 0 saturated heterocycles. The van der Waals surface area contributed by atoms with Gasteiger partial charge < -0.3 is 4.90 Å². The fourth-order valence-corrected chi connectivity index (χ4v) is 5.37. The largest absolute Gasteiger partial charge is 0.335 e. The van der Waals surface area contributed by atoms with Crippen LogP contribution in [-0.4, -0.2) is 39.2 Å². The first-order valence-electron chi connectivity index (χ1n) is 9.86. The van der Waals surface area contributed by atoms with Crippen molar-refractivity contribution in [3.63, 3.8) is 0 Å². The highest BCUT2D eigenvalue weighted by molar-refractivity contribution is 7.99. The molecule has 1 saturated carbocycles. The van der Waals surface area contributed by atoms with E-state index in [1.807, 2.05) is 30.3 Å². The Labute approximate surface area is 183 Å². The van der Waals surface area contributed by atoms with E-state index in [-0.39, 0.29) is 17.2 Å². The molecule has 154 valence electrons. The first kappa shape index (κ1) is 20.6. The van der Waals surface area contributed by atoms with Crippen molar-refractivity contribution < 1.29 is 4.79 Å². The lowest BCUT2D eigenvalue weighted by Gasteiger charge is -2.19. The molecule has 1 aliphatic rings. The number of benzene rings is 1. The molecule has 0 radical (unpaired) electrons. The van der Waals surface area contributed by atoms with E-state index in [0.717, 1.165) is 34.3 Å². The SMILES string of the molecule is C=CCN(CC=C)C(=O)CSc1nc2scc(C3CC3)c2c(=O)n1-c1ccccc1. The zero-order valence-electron chi connectivity index (χ0n) is 16.6. The Bertz CT molecular complexity index is 1140. The van der Waals surface area contributed by atoms with Crippen molar-refractivity contribution in [2.75, 3.05) is 18.8 Å². The highest BCUT2D eigenvalue weighted by Crippen LogP contribution is 2.44. The van der Waals surface area contributed by atoms with Crippen LogP contribution in [0, 0.1) is 0 Å². The molecule has 0 bridgehead atoms. The smallest absolute Gasteiger partial charge is 0.267 e. The minimum absolute atomic E-state index is 0.0430. The van der Waals surface area contributed by atoms with Gasteiger partial charge in [0, 0.05) is 13.1 Å². The number of amides is 1. The van der Waals surface area contributed by atoms with E-state index in [1.165, 1.54) is 23.1 Å². The second-order valence-electron chi connectivity index (χ2n) is 7.18. The van der Waals surface area contributed by atoms with Crippen molar-refractivity contribution >= 4 is 39.2 Å². The van der Waals surface area contributed by atoms with Crippen molar-refractivity contribution in [2.24, 2.45) is 0 Å². The Morgan fingerprint density at radius 3 is 2.57 bits per heavy atom. The first-order valence-corrected chi connectivity index (χ1v) is 11.7. The van der Waals surface area contributed by atoms with Crippen LogP contribution in [0.25, 0.3) is 15.9 Å². The van der Waals surface area contributed by atoms with E-state index >= 15 is 0 Å². The summed E-state index contributed by atoms with van der Waals surface area (Å²) in [5, 5.41) is 3.33. The summed E-state index contributed by atoms with van der Waals surface area (Å²) < 4.78 is 1.64. The van der Waals surface area contributed by atoms with E-state index in [4.69, 9.17) is 4.98 Å². The van der Waals surface area contributed by atoms with Crippen molar-refractivity contribution in [3.8, 4) is 5.69 Å². The van der Waals surface area contributed by atoms with Gasteiger partial charge in [0.2, 0.25) is 5.91 Å². The molecule has 2 heterocycles. The predicted octanol–water partition coefficient (Wildman–Crippen LogP) is 4.62. The fraction of sp³-hybridized carbons (Fsp3) is 0.261. The summed E-state index contributed by atoms with van der Waals surface area (Å²) in [6.07, 6.45) is 5.65. The summed E-state index contributed by atoms with van der Waals surface area (Å²) >= 11 is 2.80. The monoisotopic (exact) mass is 437 g/mol. The van der Waals surface area contributed by atoms with E-state index in [1.54, 1.807) is 21.6 Å². The quantitative estimate of drug-likeness (QED) is 0.279. The zero-order valence-corrected chi connectivity index (χ0v) is 18.3. The summed E-state index contributed by atoms with van der Waals surface area (Å²) in [5.74, 6) is 0.621. The fourth-order valence-electron chi connectivity index (χ4n) is 3.40. The second kappa shape index (κ2) is 9.02. The maximum atomic E-state index is 13.5. The van der Waals surface area contributed by atoms with Gasteiger partial charge in [-0.25, -0.2) is 4.98 Å².